The number of hydrogen-bond acceptors (Lipinski definition) is 3. The smallest absolute Gasteiger partial charge is 0.190 e. The Morgan fingerprint density at radius 3 is 2.50 bits per heavy atom. The topological polar surface area (TPSA) is 27.7 Å². The Kier molecular flexibility index (Phi) is 2.26. The van der Waals surface area contributed by atoms with Gasteiger partial charge in [0.25, 0.3) is 0 Å². The third-order valence-electron chi connectivity index (χ3n) is 3.23. The Hall–Kier alpha value is -0.640. The fourth-order valence-corrected chi connectivity index (χ4v) is 2.44. The van der Waals surface area contributed by atoms with Crippen molar-refractivity contribution in [1.29, 1.82) is 0 Å². The van der Waals surface area contributed by atoms with Crippen molar-refractivity contribution >= 4 is 0 Å². The van der Waals surface area contributed by atoms with E-state index in [2.05, 4.69) is 13.2 Å². The van der Waals surface area contributed by atoms with Gasteiger partial charge in [0, 0.05) is 14.2 Å². The highest BCUT2D eigenvalue weighted by atomic mass is 16.7. The first-order chi connectivity index (χ1) is 6.65. The third kappa shape index (κ3) is 1.03. The van der Waals surface area contributed by atoms with Crippen molar-refractivity contribution in [3.8, 4) is 0 Å². The van der Waals surface area contributed by atoms with Crippen molar-refractivity contribution in [2.75, 3.05) is 14.2 Å². The van der Waals surface area contributed by atoms with Crippen molar-refractivity contribution in [2.45, 2.75) is 30.8 Å². The molecule has 2 aliphatic rings. The van der Waals surface area contributed by atoms with Crippen molar-refractivity contribution in [2.24, 2.45) is 0 Å². The standard InChI is InChI=1S/C11H16O3/c1-7-8(2)11(10(12-3)13-4)6-5-9(7)14-11/h9-10H,1-2,5-6H2,3-4H3/t9-,11+/m1/s1. The van der Waals surface area contributed by atoms with Gasteiger partial charge in [0.05, 0.1) is 6.10 Å². The SMILES string of the molecule is C=C1C(=C)[C@]2(C(OC)OC)CC[C@H]1O2. The summed E-state index contributed by atoms with van der Waals surface area (Å²) in [6.45, 7) is 8.00. The van der Waals surface area contributed by atoms with Crippen molar-refractivity contribution in [1.82, 2.24) is 0 Å². The average Bonchev–Trinajstić information content (AvgIpc) is 2.71. The van der Waals surface area contributed by atoms with Crippen molar-refractivity contribution < 1.29 is 14.2 Å². The van der Waals surface area contributed by atoms with Crippen LogP contribution in [0.25, 0.3) is 0 Å². The molecule has 2 saturated heterocycles. The summed E-state index contributed by atoms with van der Waals surface area (Å²) in [5, 5.41) is 0. The van der Waals surface area contributed by atoms with Gasteiger partial charge in [0.1, 0.15) is 5.60 Å². The van der Waals surface area contributed by atoms with Crippen LogP contribution < -0.4 is 0 Å². The molecule has 2 rings (SSSR count). The van der Waals surface area contributed by atoms with Crippen LogP contribution in [-0.4, -0.2) is 32.2 Å². The van der Waals surface area contributed by atoms with Gasteiger partial charge in [0.15, 0.2) is 6.29 Å². The van der Waals surface area contributed by atoms with Gasteiger partial charge < -0.3 is 14.2 Å². The molecular formula is C11H16O3. The highest BCUT2D eigenvalue weighted by Gasteiger charge is 2.56. The van der Waals surface area contributed by atoms with E-state index in [1.54, 1.807) is 14.2 Å². The number of rotatable bonds is 3. The zero-order chi connectivity index (χ0) is 10.3. The van der Waals surface area contributed by atoms with Crippen LogP contribution in [0.2, 0.25) is 0 Å². The minimum Gasteiger partial charge on any atom is -0.357 e. The van der Waals surface area contributed by atoms with Gasteiger partial charge in [-0.1, -0.05) is 13.2 Å². The Labute approximate surface area is 84.3 Å². The number of methoxy groups -OCH3 is 2. The summed E-state index contributed by atoms with van der Waals surface area (Å²) < 4.78 is 16.4. The lowest BCUT2D eigenvalue weighted by molar-refractivity contribution is -0.199. The van der Waals surface area contributed by atoms with E-state index >= 15 is 0 Å². The highest BCUT2D eigenvalue weighted by Crippen LogP contribution is 2.51. The van der Waals surface area contributed by atoms with Gasteiger partial charge in [-0.2, -0.15) is 0 Å². The van der Waals surface area contributed by atoms with Gasteiger partial charge in [-0.15, -0.1) is 0 Å². The average molecular weight is 196 g/mol. The van der Waals surface area contributed by atoms with Crippen LogP contribution in [0.15, 0.2) is 24.3 Å². The first kappa shape index (κ1) is 9.90. The Morgan fingerprint density at radius 2 is 2.07 bits per heavy atom. The lowest BCUT2D eigenvalue weighted by Crippen LogP contribution is -2.43. The van der Waals surface area contributed by atoms with Gasteiger partial charge in [-0.25, -0.2) is 0 Å². The minimum absolute atomic E-state index is 0.121. The van der Waals surface area contributed by atoms with E-state index in [4.69, 9.17) is 14.2 Å². The summed E-state index contributed by atoms with van der Waals surface area (Å²) in [4.78, 5) is 0. The fraction of sp³-hybridized carbons (Fsp3) is 0.636. The molecule has 2 fully saturated rings. The molecule has 2 heterocycles. The molecule has 14 heavy (non-hydrogen) atoms. The maximum Gasteiger partial charge on any atom is 0.190 e. The molecule has 0 spiro atoms. The minimum atomic E-state index is -0.481. The van der Waals surface area contributed by atoms with Crippen molar-refractivity contribution in [3.63, 3.8) is 0 Å². The maximum absolute atomic E-state index is 5.88. The molecule has 0 N–H and O–H groups in total. The second kappa shape index (κ2) is 3.19. The molecule has 0 aliphatic carbocycles. The van der Waals surface area contributed by atoms with Crippen molar-refractivity contribution in [3.05, 3.63) is 24.3 Å². The summed E-state index contributed by atoms with van der Waals surface area (Å²) in [6, 6.07) is 0. The van der Waals surface area contributed by atoms with E-state index in [9.17, 15) is 0 Å². The van der Waals surface area contributed by atoms with E-state index < -0.39 is 5.60 Å². The molecule has 2 aliphatic heterocycles. The zero-order valence-corrected chi connectivity index (χ0v) is 8.71. The summed E-state index contributed by atoms with van der Waals surface area (Å²) in [6.07, 6.45) is 1.64. The van der Waals surface area contributed by atoms with Gasteiger partial charge in [-0.05, 0) is 24.0 Å². The second-order valence-corrected chi connectivity index (χ2v) is 3.84. The number of ether oxygens (including phenoxy) is 3. The summed E-state index contributed by atoms with van der Waals surface area (Å²) in [5.41, 5.74) is 1.45. The molecule has 2 bridgehead atoms. The largest absolute Gasteiger partial charge is 0.357 e. The third-order valence-corrected chi connectivity index (χ3v) is 3.23. The van der Waals surface area contributed by atoms with Gasteiger partial charge in [0.2, 0.25) is 0 Å². The van der Waals surface area contributed by atoms with E-state index in [-0.39, 0.29) is 12.4 Å². The highest BCUT2D eigenvalue weighted by molar-refractivity contribution is 5.45. The Bertz CT molecular complexity index is 280. The number of fused-ring (bicyclic) bond motifs is 2. The fourth-order valence-electron chi connectivity index (χ4n) is 2.44. The molecule has 0 unspecified atom stereocenters. The quantitative estimate of drug-likeness (QED) is 0.642. The molecule has 0 saturated carbocycles. The van der Waals surface area contributed by atoms with Gasteiger partial charge in [-0.3, -0.25) is 0 Å². The van der Waals surface area contributed by atoms with Crippen LogP contribution in [0.1, 0.15) is 12.8 Å². The van der Waals surface area contributed by atoms with E-state index in [0.717, 1.165) is 24.0 Å². The first-order valence-electron chi connectivity index (χ1n) is 4.77. The second-order valence-electron chi connectivity index (χ2n) is 3.84. The molecule has 0 aromatic carbocycles. The predicted octanol–water partition coefficient (Wildman–Crippen LogP) is 1.65. The van der Waals surface area contributed by atoms with E-state index in [0.29, 0.717) is 0 Å². The van der Waals surface area contributed by atoms with Crippen LogP contribution in [0.3, 0.4) is 0 Å². The maximum atomic E-state index is 5.88. The van der Waals surface area contributed by atoms with Crippen LogP contribution in [-0.2, 0) is 14.2 Å². The lowest BCUT2D eigenvalue weighted by atomic mass is 9.81. The van der Waals surface area contributed by atoms with Gasteiger partial charge >= 0.3 is 0 Å². The monoisotopic (exact) mass is 196 g/mol. The molecule has 3 heteroatoms. The normalized spacial score (nSPS) is 36.1. The molecule has 0 radical (unpaired) electrons. The summed E-state index contributed by atoms with van der Waals surface area (Å²) in [5.74, 6) is 0. The molecular weight excluding hydrogens is 180 g/mol. The molecule has 0 amide bonds. The summed E-state index contributed by atoms with van der Waals surface area (Å²) >= 11 is 0. The molecule has 0 aromatic heterocycles. The van der Waals surface area contributed by atoms with E-state index in [1.807, 2.05) is 0 Å². The zero-order valence-electron chi connectivity index (χ0n) is 8.71. The summed E-state index contributed by atoms with van der Waals surface area (Å²) in [7, 11) is 3.24. The molecule has 3 nitrogen and oxygen atoms in total. The number of hydrogen-bond donors (Lipinski definition) is 0. The van der Waals surface area contributed by atoms with Crippen LogP contribution in [0, 0.1) is 0 Å². The lowest BCUT2D eigenvalue weighted by Gasteiger charge is -2.33. The predicted molar refractivity (Wildman–Crippen MR) is 52.9 cm³/mol. The molecule has 2 atom stereocenters. The Balaban J connectivity index is 2.31. The van der Waals surface area contributed by atoms with E-state index in [1.165, 1.54) is 0 Å². The Morgan fingerprint density at radius 1 is 1.43 bits per heavy atom. The molecule has 0 aromatic rings. The molecule has 78 valence electrons. The first-order valence-corrected chi connectivity index (χ1v) is 4.77. The van der Waals surface area contributed by atoms with Crippen LogP contribution in [0.5, 0.6) is 0 Å². The van der Waals surface area contributed by atoms with Crippen LogP contribution >= 0.6 is 0 Å². The van der Waals surface area contributed by atoms with Crippen LogP contribution in [0.4, 0.5) is 0 Å².